The van der Waals surface area contributed by atoms with Gasteiger partial charge in [0, 0.05) is 36.1 Å². The van der Waals surface area contributed by atoms with E-state index in [0.717, 1.165) is 19.6 Å². The average molecular weight is 388 g/mol. The second-order valence-electron chi connectivity index (χ2n) is 9.24. The Morgan fingerprint density at radius 2 is 2.04 bits per heavy atom. The smallest absolute Gasteiger partial charge is 0.122 e. The van der Waals surface area contributed by atoms with Crippen LogP contribution in [0, 0.1) is 5.41 Å². The molecular weight excluding hydrogens is 354 g/mol. The maximum absolute atomic E-state index is 4.78. The van der Waals surface area contributed by atoms with Gasteiger partial charge in [0.05, 0.1) is 13.1 Å². The molecule has 1 saturated heterocycles. The quantitative estimate of drug-likeness (QED) is 0.819. The predicted octanol–water partition coefficient (Wildman–Crippen LogP) is 3.80. The van der Waals surface area contributed by atoms with E-state index >= 15 is 0 Å². The molecule has 1 N–H and O–H groups in total. The summed E-state index contributed by atoms with van der Waals surface area (Å²) in [5.41, 5.74) is 0.702. The van der Waals surface area contributed by atoms with Crippen molar-refractivity contribution in [1.29, 1.82) is 0 Å². The van der Waals surface area contributed by atoms with Crippen LogP contribution in [0.1, 0.15) is 62.7 Å². The molecule has 0 bridgehead atoms. The molecule has 2 aromatic rings. The Kier molecular flexibility index (Phi) is 5.16. The minimum absolute atomic E-state index is 0.176. The van der Waals surface area contributed by atoms with Crippen molar-refractivity contribution in [3.63, 3.8) is 0 Å². The maximum Gasteiger partial charge on any atom is 0.122 e. The van der Waals surface area contributed by atoms with E-state index in [0.29, 0.717) is 11.5 Å². The standard InChI is InChI=1S/C21H33N5S/c1-5-25-11-10-23-18(25)14-26(16-12-21(16)6-8-22-9-7-21)15-19-24-13-17(27-19)20(2,3)4/h10-11,13,16,22H,5-9,12,14-15H2,1-4H3. The Balaban J connectivity index is 1.54. The molecule has 0 radical (unpaired) electrons. The molecule has 27 heavy (non-hydrogen) atoms. The van der Waals surface area contributed by atoms with Gasteiger partial charge in [-0.25, -0.2) is 9.97 Å². The van der Waals surface area contributed by atoms with Crippen molar-refractivity contribution < 1.29 is 0 Å². The van der Waals surface area contributed by atoms with Crippen LogP contribution in [0.3, 0.4) is 0 Å². The summed E-state index contributed by atoms with van der Waals surface area (Å²) in [4.78, 5) is 13.5. The molecule has 6 heteroatoms. The van der Waals surface area contributed by atoms with Crippen LogP contribution >= 0.6 is 11.3 Å². The number of thiazole rings is 1. The molecule has 1 spiro atoms. The lowest BCUT2D eigenvalue weighted by molar-refractivity contribution is 0.182. The number of aryl methyl sites for hydroxylation is 1. The highest BCUT2D eigenvalue weighted by Gasteiger charge is 2.56. The van der Waals surface area contributed by atoms with E-state index in [-0.39, 0.29) is 5.41 Å². The molecule has 1 saturated carbocycles. The summed E-state index contributed by atoms with van der Waals surface area (Å²) in [6, 6.07) is 0.670. The number of rotatable bonds is 6. The van der Waals surface area contributed by atoms with Crippen molar-refractivity contribution in [2.45, 2.75) is 78.0 Å². The third kappa shape index (κ3) is 3.98. The summed E-state index contributed by atoms with van der Waals surface area (Å²) in [6.45, 7) is 14.2. The van der Waals surface area contributed by atoms with E-state index < -0.39 is 0 Å². The van der Waals surface area contributed by atoms with E-state index in [1.807, 2.05) is 17.5 Å². The van der Waals surface area contributed by atoms with Crippen LogP contribution in [0.2, 0.25) is 0 Å². The van der Waals surface area contributed by atoms with Crippen LogP contribution in [-0.2, 0) is 25.0 Å². The molecule has 0 amide bonds. The summed E-state index contributed by atoms with van der Waals surface area (Å²) in [7, 11) is 0. The fourth-order valence-corrected chi connectivity index (χ4v) is 5.45. The number of aromatic nitrogens is 3. The molecular formula is C21H33N5S. The Labute approximate surface area is 167 Å². The van der Waals surface area contributed by atoms with E-state index in [1.165, 1.54) is 48.1 Å². The van der Waals surface area contributed by atoms with Gasteiger partial charge in [0.15, 0.2) is 0 Å². The van der Waals surface area contributed by atoms with E-state index in [4.69, 9.17) is 4.98 Å². The van der Waals surface area contributed by atoms with Crippen LogP contribution in [0.4, 0.5) is 0 Å². The van der Waals surface area contributed by atoms with Crippen molar-refractivity contribution in [2.24, 2.45) is 5.41 Å². The molecule has 2 aromatic heterocycles. The Hall–Kier alpha value is -1.24. The van der Waals surface area contributed by atoms with E-state index in [2.05, 4.69) is 59.9 Å². The first-order valence-electron chi connectivity index (χ1n) is 10.3. The predicted molar refractivity (Wildman–Crippen MR) is 111 cm³/mol. The molecule has 1 unspecified atom stereocenters. The highest BCUT2D eigenvalue weighted by atomic mass is 32.1. The number of nitrogens with zero attached hydrogens (tertiary/aromatic N) is 4. The molecule has 148 valence electrons. The van der Waals surface area contributed by atoms with Crippen molar-refractivity contribution in [1.82, 2.24) is 24.8 Å². The van der Waals surface area contributed by atoms with Gasteiger partial charge in [0.1, 0.15) is 10.8 Å². The van der Waals surface area contributed by atoms with Gasteiger partial charge < -0.3 is 9.88 Å². The molecule has 1 aliphatic carbocycles. The third-order valence-electron chi connectivity index (χ3n) is 6.30. The zero-order valence-electron chi connectivity index (χ0n) is 17.2. The lowest BCUT2D eigenvalue weighted by atomic mass is 9.93. The minimum Gasteiger partial charge on any atom is -0.334 e. The summed E-state index contributed by atoms with van der Waals surface area (Å²) in [6.07, 6.45) is 10.1. The van der Waals surface area contributed by atoms with Crippen LogP contribution in [0.25, 0.3) is 0 Å². The number of hydrogen-bond donors (Lipinski definition) is 1. The van der Waals surface area contributed by atoms with Crippen molar-refractivity contribution in [3.05, 3.63) is 34.3 Å². The molecule has 1 atom stereocenters. The second-order valence-corrected chi connectivity index (χ2v) is 10.4. The fraction of sp³-hybridized carbons (Fsp3) is 0.714. The molecule has 2 aliphatic rings. The molecule has 1 aliphatic heterocycles. The molecule has 2 fully saturated rings. The normalized spacial score (nSPS) is 21.9. The summed E-state index contributed by atoms with van der Waals surface area (Å²) < 4.78 is 2.27. The maximum atomic E-state index is 4.78. The topological polar surface area (TPSA) is 46.0 Å². The van der Waals surface area contributed by atoms with Crippen molar-refractivity contribution >= 4 is 11.3 Å². The fourth-order valence-electron chi connectivity index (χ4n) is 4.45. The lowest BCUT2D eigenvalue weighted by Crippen LogP contribution is -2.36. The van der Waals surface area contributed by atoms with E-state index in [9.17, 15) is 0 Å². The van der Waals surface area contributed by atoms with Crippen LogP contribution in [0.15, 0.2) is 18.6 Å². The molecule has 3 heterocycles. The number of nitrogens with one attached hydrogen (secondary N) is 1. The first kappa shape index (κ1) is 19.1. The van der Waals surface area contributed by atoms with Gasteiger partial charge in [-0.2, -0.15) is 0 Å². The second kappa shape index (κ2) is 7.30. The zero-order chi connectivity index (χ0) is 19.1. The van der Waals surface area contributed by atoms with Crippen LogP contribution in [-0.4, -0.2) is 38.6 Å². The van der Waals surface area contributed by atoms with Gasteiger partial charge in [0.2, 0.25) is 0 Å². The number of imidazole rings is 1. The Morgan fingerprint density at radius 3 is 2.70 bits per heavy atom. The Morgan fingerprint density at radius 1 is 1.26 bits per heavy atom. The number of piperidine rings is 1. The highest BCUT2D eigenvalue weighted by molar-refractivity contribution is 7.11. The molecule has 5 nitrogen and oxygen atoms in total. The molecule has 4 rings (SSSR count). The first-order chi connectivity index (χ1) is 12.9. The summed E-state index contributed by atoms with van der Waals surface area (Å²) in [5, 5.41) is 4.77. The third-order valence-corrected chi connectivity index (χ3v) is 7.71. The summed E-state index contributed by atoms with van der Waals surface area (Å²) in [5.74, 6) is 1.18. The molecule has 0 aromatic carbocycles. The largest absolute Gasteiger partial charge is 0.334 e. The first-order valence-corrected chi connectivity index (χ1v) is 11.1. The van der Waals surface area contributed by atoms with Crippen molar-refractivity contribution in [3.8, 4) is 0 Å². The van der Waals surface area contributed by atoms with E-state index in [1.54, 1.807) is 0 Å². The van der Waals surface area contributed by atoms with Crippen LogP contribution in [0.5, 0.6) is 0 Å². The van der Waals surface area contributed by atoms with Gasteiger partial charge in [0.25, 0.3) is 0 Å². The van der Waals surface area contributed by atoms with Gasteiger partial charge in [-0.15, -0.1) is 11.3 Å². The number of hydrogen-bond acceptors (Lipinski definition) is 5. The van der Waals surface area contributed by atoms with Gasteiger partial charge in [-0.3, -0.25) is 4.90 Å². The average Bonchev–Trinajstić information content (AvgIpc) is 3.02. The van der Waals surface area contributed by atoms with Gasteiger partial charge in [-0.05, 0) is 50.1 Å². The highest BCUT2D eigenvalue weighted by Crippen LogP contribution is 2.56. The van der Waals surface area contributed by atoms with Gasteiger partial charge >= 0.3 is 0 Å². The SMILES string of the molecule is CCn1ccnc1CN(Cc1ncc(C(C)(C)C)s1)C1CC12CCNCC2. The Bertz CT molecular complexity index is 766. The van der Waals surface area contributed by atoms with Gasteiger partial charge in [-0.1, -0.05) is 20.8 Å². The zero-order valence-corrected chi connectivity index (χ0v) is 18.0. The monoisotopic (exact) mass is 387 g/mol. The lowest BCUT2D eigenvalue weighted by Gasteiger charge is -2.29. The minimum atomic E-state index is 0.176. The summed E-state index contributed by atoms with van der Waals surface area (Å²) >= 11 is 1.88. The van der Waals surface area contributed by atoms with Crippen LogP contribution < -0.4 is 5.32 Å². The van der Waals surface area contributed by atoms with Crippen molar-refractivity contribution in [2.75, 3.05) is 13.1 Å².